The van der Waals surface area contributed by atoms with Gasteiger partial charge in [-0.15, -0.1) is 0 Å². The van der Waals surface area contributed by atoms with E-state index in [-0.39, 0.29) is 18.3 Å². The van der Waals surface area contributed by atoms with Gasteiger partial charge in [-0.25, -0.2) is 4.98 Å². The van der Waals surface area contributed by atoms with Crippen LogP contribution in [0.3, 0.4) is 0 Å². The molecule has 178 valence electrons. The van der Waals surface area contributed by atoms with E-state index >= 15 is 0 Å². The Morgan fingerprint density at radius 3 is 2.65 bits per heavy atom. The molecule has 9 nitrogen and oxygen atoms in total. The highest BCUT2D eigenvalue weighted by atomic mass is 32.2. The average molecular weight is 482 g/mol. The Bertz CT molecular complexity index is 1420. The van der Waals surface area contributed by atoms with Gasteiger partial charge in [0.15, 0.2) is 0 Å². The third-order valence-electron chi connectivity index (χ3n) is 5.52. The van der Waals surface area contributed by atoms with E-state index in [2.05, 4.69) is 20.0 Å². The molecule has 34 heavy (non-hydrogen) atoms. The number of amides is 1. The minimum Gasteiger partial charge on any atom is -0.441 e. The second-order valence-electron chi connectivity index (χ2n) is 8.09. The van der Waals surface area contributed by atoms with Gasteiger partial charge in [0.25, 0.3) is 0 Å². The molecule has 2 heterocycles. The number of nitrogens with zero attached hydrogens (tertiary/aromatic N) is 2. The Morgan fingerprint density at radius 1 is 1.12 bits per heavy atom. The highest BCUT2D eigenvalue weighted by Gasteiger charge is 2.19. The number of carbonyl (C=O) groups excluding carboxylic acids is 1. The molecular formula is C24H27N5O4S. The van der Waals surface area contributed by atoms with Gasteiger partial charge in [-0.2, -0.15) is 12.7 Å². The molecule has 0 saturated heterocycles. The summed E-state index contributed by atoms with van der Waals surface area (Å²) in [5, 5.41) is 4.01. The van der Waals surface area contributed by atoms with Crippen LogP contribution in [0.1, 0.15) is 23.4 Å². The summed E-state index contributed by atoms with van der Waals surface area (Å²) in [4.78, 5) is 20.2. The molecule has 4 rings (SSSR count). The number of hydrogen-bond donors (Lipinski definition) is 3. The van der Waals surface area contributed by atoms with Crippen molar-refractivity contribution < 1.29 is 17.6 Å². The van der Waals surface area contributed by atoms with Crippen LogP contribution in [0.5, 0.6) is 0 Å². The van der Waals surface area contributed by atoms with E-state index in [1.807, 2.05) is 30.5 Å². The molecular weight excluding hydrogens is 454 g/mol. The third-order valence-corrected chi connectivity index (χ3v) is 6.96. The zero-order valence-electron chi connectivity index (χ0n) is 19.3. The predicted molar refractivity (Wildman–Crippen MR) is 131 cm³/mol. The first-order valence-electron chi connectivity index (χ1n) is 10.8. The van der Waals surface area contributed by atoms with E-state index < -0.39 is 10.2 Å². The number of nitrogens with one attached hydrogen (secondary N) is 3. The first kappa shape index (κ1) is 23.5. The quantitative estimate of drug-likeness (QED) is 0.337. The lowest BCUT2D eigenvalue weighted by atomic mass is 10.1. The Kier molecular flexibility index (Phi) is 6.71. The Labute approximate surface area is 198 Å². The molecule has 0 atom stereocenters. The number of fused-ring (bicyclic) bond motifs is 1. The van der Waals surface area contributed by atoms with Crippen molar-refractivity contribution in [3.05, 3.63) is 71.7 Å². The highest BCUT2D eigenvalue weighted by Crippen LogP contribution is 2.29. The summed E-state index contributed by atoms with van der Waals surface area (Å²) in [5.74, 6) is 0.739. The topological polar surface area (TPSA) is 120 Å². The smallest absolute Gasteiger partial charge is 0.301 e. The van der Waals surface area contributed by atoms with Crippen LogP contribution in [0.15, 0.2) is 59.1 Å². The molecule has 0 radical (unpaired) electrons. The van der Waals surface area contributed by atoms with Crippen molar-refractivity contribution in [2.75, 3.05) is 18.8 Å². The largest absolute Gasteiger partial charge is 0.441 e. The molecule has 0 saturated carbocycles. The van der Waals surface area contributed by atoms with Crippen molar-refractivity contribution in [2.45, 2.75) is 26.3 Å². The fourth-order valence-corrected chi connectivity index (χ4v) is 4.19. The molecule has 1 amide bonds. The van der Waals surface area contributed by atoms with Gasteiger partial charge in [-0.1, -0.05) is 30.3 Å². The summed E-state index contributed by atoms with van der Waals surface area (Å²) < 4.78 is 34.0. The van der Waals surface area contributed by atoms with Gasteiger partial charge in [0, 0.05) is 37.6 Å². The van der Waals surface area contributed by atoms with E-state index in [0.717, 1.165) is 20.8 Å². The lowest BCUT2D eigenvalue weighted by molar-refractivity contribution is -0.121. The van der Waals surface area contributed by atoms with Crippen LogP contribution in [0.2, 0.25) is 0 Å². The van der Waals surface area contributed by atoms with Crippen molar-refractivity contribution in [1.29, 1.82) is 0 Å². The van der Waals surface area contributed by atoms with Crippen LogP contribution in [-0.2, 0) is 28.0 Å². The first-order chi connectivity index (χ1) is 16.2. The maximum Gasteiger partial charge on any atom is 0.301 e. The minimum absolute atomic E-state index is 0.0895. The first-order valence-corrected chi connectivity index (χ1v) is 12.3. The normalized spacial score (nSPS) is 11.8. The van der Waals surface area contributed by atoms with E-state index in [9.17, 15) is 13.2 Å². The molecule has 0 bridgehead atoms. The monoisotopic (exact) mass is 481 g/mol. The fraction of sp³-hybridized carbons (Fsp3) is 0.250. The summed E-state index contributed by atoms with van der Waals surface area (Å²) in [6.45, 7) is 1.98. The number of H-pyrrole nitrogens is 1. The van der Waals surface area contributed by atoms with Gasteiger partial charge in [0.05, 0.1) is 17.8 Å². The number of rotatable bonds is 9. The number of aryl methyl sites for hydroxylation is 2. The fourth-order valence-electron chi connectivity index (χ4n) is 3.55. The molecule has 3 N–H and O–H groups in total. The molecule has 10 heteroatoms. The molecule has 2 aromatic carbocycles. The second-order valence-corrected chi connectivity index (χ2v) is 9.98. The van der Waals surface area contributed by atoms with Gasteiger partial charge >= 0.3 is 10.2 Å². The summed E-state index contributed by atoms with van der Waals surface area (Å²) in [6.07, 6.45) is 2.91. The summed E-state index contributed by atoms with van der Waals surface area (Å²) in [7, 11) is -0.803. The second kappa shape index (κ2) is 9.70. The van der Waals surface area contributed by atoms with Gasteiger partial charge in [-0.3, -0.25) is 9.52 Å². The van der Waals surface area contributed by atoms with Crippen molar-refractivity contribution >= 4 is 32.7 Å². The van der Waals surface area contributed by atoms with E-state index in [1.165, 1.54) is 14.1 Å². The Morgan fingerprint density at radius 2 is 1.85 bits per heavy atom. The highest BCUT2D eigenvalue weighted by molar-refractivity contribution is 7.90. The van der Waals surface area contributed by atoms with Crippen molar-refractivity contribution in [3.63, 3.8) is 0 Å². The van der Waals surface area contributed by atoms with Gasteiger partial charge in [-0.05, 0) is 37.1 Å². The third kappa shape index (κ3) is 5.13. The maximum absolute atomic E-state index is 12.4. The van der Waals surface area contributed by atoms with Crippen LogP contribution in [-0.4, -0.2) is 42.7 Å². The Balaban J connectivity index is 1.41. The van der Waals surface area contributed by atoms with Crippen LogP contribution >= 0.6 is 0 Å². The number of oxazole rings is 1. The van der Waals surface area contributed by atoms with E-state index in [4.69, 9.17) is 4.42 Å². The summed E-state index contributed by atoms with van der Waals surface area (Å²) in [5.41, 5.74) is 3.60. The van der Waals surface area contributed by atoms with Gasteiger partial charge in [0.1, 0.15) is 11.5 Å². The molecule has 2 aromatic heterocycles. The minimum atomic E-state index is -3.69. The molecule has 4 aromatic rings. The lowest BCUT2D eigenvalue weighted by Crippen LogP contribution is -2.29. The molecule has 0 fully saturated rings. The molecule has 0 aliphatic rings. The van der Waals surface area contributed by atoms with Crippen LogP contribution < -0.4 is 10.0 Å². The number of hydrogen-bond acceptors (Lipinski definition) is 5. The number of carbonyl (C=O) groups is 1. The zero-order valence-corrected chi connectivity index (χ0v) is 20.1. The number of aromatic amines is 1. The van der Waals surface area contributed by atoms with Crippen molar-refractivity contribution in [3.8, 4) is 11.5 Å². The maximum atomic E-state index is 12.4. The molecule has 0 unspecified atom stereocenters. The molecule has 0 spiro atoms. The number of anilines is 1. The van der Waals surface area contributed by atoms with E-state index in [0.29, 0.717) is 35.5 Å². The zero-order chi connectivity index (χ0) is 24.3. The predicted octanol–water partition coefficient (Wildman–Crippen LogP) is 3.60. The van der Waals surface area contributed by atoms with Crippen LogP contribution in [0, 0.1) is 6.92 Å². The van der Waals surface area contributed by atoms with Gasteiger partial charge < -0.3 is 14.7 Å². The lowest BCUT2D eigenvalue weighted by Gasteiger charge is -2.15. The van der Waals surface area contributed by atoms with Crippen molar-refractivity contribution in [2.24, 2.45) is 0 Å². The summed E-state index contributed by atoms with van der Waals surface area (Å²) in [6, 6.07) is 14.9. The van der Waals surface area contributed by atoms with E-state index in [1.54, 1.807) is 31.2 Å². The number of benzene rings is 2. The van der Waals surface area contributed by atoms with Crippen molar-refractivity contribution in [1.82, 2.24) is 19.6 Å². The summed E-state index contributed by atoms with van der Waals surface area (Å²) >= 11 is 0. The van der Waals surface area contributed by atoms with Crippen LogP contribution in [0.25, 0.3) is 22.4 Å². The number of para-hydroxylation sites is 2. The standard InChI is InChI=1S/C24H27N5O4S/c1-16-22(15-26-23(30)13-12-17-14-25-20-10-6-4-8-18(17)20)27-24(33-16)19-9-5-7-11-21(19)28-34(31,32)29(2)3/h4-11,14,25,28H,12-13,15H2,1-3H3,(H,26,30). The SMILES string of the molecule is Cc1oc(-c2ccccc2NS(=O)(=O)N(C)C)nc1CNC(=O)CCc1c[nH]c2ccccc12. The molecule has 0 aliphatic heterocycles. The number of aromatic nitrogens is 2. The molecule has 0 aliphatic carbocycles. The van der Waals surface area contributed by atoms with Crippen LogP contribution in [0.4, 0.5) is 5.69 Å². The average Bonchev–Trinajstić information content (AvgIpc) is 3.39. The Hall–Kier alpha value is -3.63. The van der Waals surface area contributed by atoms with Gasteiger partial charge in [0.2, 0.25) is 11.8 Å².